The maximum atomic E-state index is 5.53. The molecule has 112 valence electrons. The molecule has 0 aromatic carbocycles. The molecule has 0 spiro atoms. The van der Waals surface area contributed by atoms with E-state index >= 15 is 0 Å². The number of thioether (sulfide) groups is 1. The summed E-state index contributed by atoms with van der Waals surface area (Å²) in [6.45, 7) is 5.03. The Bertz CT molecular complexity index is 430. The van der Waals surface area contributed by atoms with Crippen LogP contribution in [-0.4, -0.2) is 33.9 Å². The fourth-order valence-electron chi connectivity index (χ4n) is 2.39. The Morgan fingerprint density at radius 3 is 2.85 bits per heavy atom. The summed E-state index contributed by atoms with van der Waals surface area (Å²) in [6, 6.07) is 0.428. The fourth-order valence-corrected chi connectivity index (χ4v) is 3.67. The number of rotatable bonds is 6. The number of nitrogens with zero attached hydrogens (tertiary/aromatic N) is 3. The van der Waals surface area contributed by atoms with Crippen molar-refractivity contribution in [3.63, 3.8) is 0 Å². The molecular formula is C14H24N4OS. The highest BCUT2D eigenvalue weighted by molar-refractivity contribution is 7.99. The average Bonchev–Trinajstić information content (AvgIpc) is 2.45. The third kappa shape index (κ3) is 4.51. The van der Waals surface area contributed by atoms with E-state index in [1.807, 2.05) is 7.05 Å². The van der Waals surface area contributed by atoms with Crippen LogP contribution >= 0.6 is 11.8 Å². The van der Waals surface area contributed by atoms with Crippen LogP contribution in [0.2, 0.25) is 0 Å². The van der Waals surface area contributed by atoms with Crippen molar-refractivity contribution < 1.29 is 4.74 Å². The van der Waals surface area contributed by atoms with E-state index in [9.17, 15) is 0 Å². The molecule has 1 aliphatic carbocycles. The number of anilines is 1. The lowest BCUT2D eigenvalue weighted by Gasteiger charge is -2.25. The summed E-state index contributed by atoms with van der Waals surface area (Å²) in [4.78, 5) is 13.1. The van der Waals surface area contributed by atoms with E-state index in [1.54, 1.807) is 11.8 Å². The van der Waals surface area contributed by atoms with Crippen molar-refractivity contribution in [2.24, 2.45) is 5.92 Å². The average molecular weight is 296 g/mol. The number of aromatic nitrogens is 3. The summed E-state index contributed by atoms with van der Waals surface area (Å²) < 4.78 is 5.53. The number of hydrogen-bond acceptors (Lipinski definition) is 6. The number of nitrogens with one attached hydrogen (secondary N) is 1. The first-order valence-electron chi connectivity index (χ1n) is 7.44. The molecule has 1 aromatic rings. The topological polar surface area (TPSA) is 59.9 Å². The van der Waals surface area contributed by atoms with E-state index in [0.29, 0.717) is 23.8 Å². The van der Waals surface area contributed by atoms with E-state index in [0.717, 1.165) is 17.5 Å². The number of ether oxygens (including phenoxy) is 1. The van der Waals surface area contributed by atoms with E-state index in [2.05, 4.69) is 34.1 Å². The molecule has 2 unspecified atom stereocenters. The highest BCUT2D eigenvalue weighted by atomic mass is 32.2. The van der Waals surface area contributed by atoms with E-state index in [1.165, 1.54) is 25.7 Å². The lowest BCUT2D eigenvalue weighted by atomic mass is 9.91. The quantitative estimate of drug-likeness (QED) is 0.868. The monoisotopic (exact) mass is 296 g/mol. The molecule has 6 heteroatoms. The molecule has 1 heterocycles. The first-order chi connectivity index (χ1) is 9.71. The zero-order valence-electron chi connectivity index (χ0n) is 12.6. The Balaban J connectivity index is 2.05. The van der Waals surface area contributed by atoms with Gasteiger partial charge < -0.3 is 10.1 Å². The van der Waals surface area contributed by atoms with Crippen molar-refractivity contribution in [2.75, 3.05) is 19.0 Å². The standard InChI is InChI=1S/C14H24N4OS/c1-4-8-19-13-16-12(15-3)17-14(18-13)20-11-7-5-6-10(2)9-11/h10-11H,4-9H2,1-3H3,(H,15,16,17,18). The van der Waals surface area contributed by atoms with Crippen LogP contribution < -0.4 is 10.1 Å². The van der Waals surface area contributed by atoms with Gasteiger partial charge in [-0.15, -0.1) is 0 Å². The molecule has 2 rings (SSSR count). The predicted molar refractivity (Wildman–Crippen MR) is 82.4 cm³/mol. The van der Waals surface area contributed by atoms with Gasteiger partial charge in [-0.05, 0) is 25.2 Å². The molecule has 0 radical (unpaired) electrons. The van der Waals surface area contributed by atoms with Crippen molar-refractivity contribution in [1.82, 2.24) is 15.0 Å². The van der Waals surface area contributed by atoms with Gasteiger partial charge in [0.15, 0.2) is 5.16 Å². The van der Waals surface area contributed by atoms with Gasteiger partial charge in [-0.25, -0.2) is 0 Å². The van der Waals surface area contributed by atoms with Gasteiger partial charge in [0.25, 0.3) is 0 Å². The summed E-state index contributed by atoms with van der Waals surface area (Å²) in [6.07, 6.45) is 6.10. The highest BCUT2D eigenvalue weighted by Gasteiger charge is 2.21. The Morgan fingerprint density at radius 1 is 1.30 bits per heavy atom. The molecule has 1 aromatic heterocycles. The van der Waals surface area contributed by atoms with E-state index in [-0.39, 0.29) is 0 Å². The predicted octanol–water partition coefficient (Wildman–Crippen LogP) is 3.37. The molecule has 1 aliphatic rings. The Morgan fingerprint density at radius 2 is 2.15 bits per heavy atom. The molecule has 1 fully saturated rings. The van der Waals surface area contributed by atoms with Crippen molar-refractivity contribution in [1.29, 1.82) is 0 Å². The minimum absolute atomic E-state index is 0.428. The van der Waals surface area contributed by atoms with Gasteiger partial charge in [0.2, 0.25) is 5.95 Å². The normalized spacial score (nSPS) is 22.6. The largest absolute Gasteiger partial charge is 0.463 e. The first kappa shape index (κ1) is 15.4. The van der Waals surface area contributed by atoms with Crippen LogP contribution in [0.1, 0.15) is 46.0 Å². The second kappa shape index (κ2) is 7.67. The summed E-state index contributed by atoms with van der Waals surface area (Å²) in [5.74, 6) is 1.39. The SMILES string of the molecule is CCCOc1nc(NC)nc(SC2CCCC(C)C2)n1. The molecule has 5 nitrogen and oxygen atoms in total. The van der Waals surface area contributed by atoms with Crippen LogP contribution in [0.15, 0.2) is 5.16 Å². The molecule has 0 amide bonds. The fraction of sp³-hybridized carbons (Fsp3) is 0.786. The lowest BCUT2D eigenvalue weighted by molar-refractivity contribution is 0.288. The lowest BCUT2D eigenvalue weighted by Crippen LogP contribution is -2.16. The maximum absolute atomic E-state index is 5.53. The third-order valence-corrected chi connectivity index (χ3v) is 4.57. The molecule has 0 aliphatic heterocycles. The van der Waals surface area contributed by atoms with Crippen LogP contribution in [0.3, 0.4) is 0 Å². The van der Waals surface area contributed by atoms with Crippen LogP contribution in [0.5, 0.6) is 6.01 Å². The van der Waals surface area contributed by atoms with Gasteiger partial charge >= 0.3 is 6.01 Å². The van der Waals surface area contributed by atoms with Crippen molar-refractivity contribution in [3.8, 4) is 6.01 Å². The van der Waals surface area contributed by atoms with Crippen molar-refractivity contribution in [3.05, 3.63) is 0 Å². The van der Waals surface area contributed by atoms with Crippen LogP contribution in [0, 0.1) is 5.92 Å². The van der Waals surface area contributed by atoms with Gasteiger partial charge in [-0.3, -0.25) is 0 Å². The minimum Gasteiger partial charge on any atom is -0.463 e. The van der Waals surface area contributed by atoms with Gasteiger partial charge in [-0.2, -0.15) is 15.0 Å². The molecule has 2 atom stereocenters. The highest BCUT2D eigenvalue weighted by Crippen LogP contribution is 2.35. The second-order valence-corrected chi connectivity index (χ2v) is 6.60. The van der Waals surface area contributed by atoms with Gasteiger partial charge in [-0.1, -0.05) is 38.5 Å². The van der Waals surface area contributed by atoms with Gasteiger partial charge in [0.05, 0.1) is 6.61 Å². The zero-order chi connectivity index (χ0) is 14.4. The van der Waals surface area contributed by atoms with Gasteiger partial charge in [0.1, 0.15) is 0 Å². The minimum atomic E-state index is 0.428. The van der Waals surface area contributed by atoms with Crippen LogP contribution in [0.25, 0.3) is 0 Å². The zero-order valence-corrected chi connectivity index (χ0v) is 13.4. The summed E-state index contributed by atoms with van der Waals surface area (Å²) in [7, 11) is 1.82. The molecular weight excluding hydrogens is 272 g/mol. The molecule has 0 bridgehead atoms. The smallest absolute Gasteiger partial charge is 0.322 e. The number of hydrogen-bond donors (Lipinski definition) is 1. The second-order valence-electron chi connectivity index (χ2n) is 5.33. The maximum Gasteiger partial charge on any atom is 0.322 e. The summed E-state index contributed by atoms with van der Waals surface area (Å²) >= 11 is 1.76. The van der Waals surface area contributed by atoms with Crippen LogP contribution in [-0.2, 0) is 0 Å². The van der Waals surface area contributed by atoms with E-state index in [4.69, 9.17) is 4.74 Å². The van der Waals surface area contributed by atoms with Crippen LogP contribution in [0.4, 0.5) is 5.95 Å². The van der Waals surface area contributed by atoms with Crippen molar-refractivity contribution >= 4 is 17.7 Å². The first-order valence-corrected chi connectivity index (χ1v) is 8.32. The summed E-state index contributed by atoms with van der Waals surface area (Å²) in [5, 5.41) is 4.36. The Kier molecular flexibility index (Phi) is 5.88. The third-order valence-electron chi connectivity index (χ3n) is 3.41. The molecule has 0 saturated heterocycles. The van der Waals surface area contributed by atoms with E-state index < -0.39 is 0 Å². The Hall–Kier alpha value is -1.04. The van der Waals surface area contributed by atoms with Gasteiger partial charge in [0, 0.05) is 12.3 Å². The summed E-state index contributed by atoms with van der Waals surface area (Å²) in [5.41, 5.74) is 0. The molecule has 1 saturated carbocycles. The molecule has 20 heavy (non-hydrogen) atoms. The Labute approximate surface area is 125 Å². The van der Waals surface area contributed by atoms with Crippen molar-refractivity contribution in [2.45, 2.75) is 56.4 Å². The molecule has 1 N–H and O–H groups in total.